The van der Waals surface area contributed by atoms with E-state index in [-0.39, 0.29) is 6.10 Å². The first-order valence-corrected chi connectivity index (χ1v) is 6.86. The highest BCUT2D eigenvalue weighted by molar-refractivity contribution is 8.39. The molecule has 1 aliphatic heterocycles. The standard InChI is InChI=1S/C11H13NOS2/c13-10(9-4-2-1-3-5-9)8-15-11-12-6-7-14-11/h1-5,10,13H,6-8H2. The Labute approximate surface area is 98.2 Å². The molecular weight excluding hydrogens is 226 g/mol. The lowest BCUT2D eigenvalue weighted by molar-refractivity contribution is 0.204. The van der Waals surface area contributed by atoms with Crippen LogP contribution < -0.4 is 0 Å². The molecule has 0 aromatic heterocycles. The fourth-order valence-electron chi connectivity index (χ4n) is 1.32. The molecule has 1 aromatic carbocycles. The van der Waals surface area contributed by atoms with Crippen molar-refractivity contribution in [1.29, 1.82) is 0 Å². The van der Waals surface area contributed by atoms with Crippen molar-refractivity contribution in [3.05, 3.63) is 35.9 Å². The lowest BCUT2D eigenvalue weighted by Crippen LogP contribution is -2.01. The summed E-state index contributed by atoms with van der Waals surface area (Å²) < 4.78 is 1.12. The third kappa shape index (κ3) is 3.26. The summed E-state index contributed by atoms with van der Waals surface area (Å²) in [5.74, 6) is 1.78. The van der Waals surface area contributed by atoms with E-state index < -0.39 is 0 Å². The lowest BCUT2D eigenvalue weighted by Gasteiger charge is -2.09. The van der Waals surface area contributed by atoms with E-state index in [0.29, 0.717) is 5.75 Å². The summed E-state index contributed by atoms with van der Waals surface area (Å²) in [5, 5.41) is 9.90. The van der Waals surface area contributed by atoms with Gasteiger partial charge in [-0.1, -0.05) is 53.9 Å². The Bertz CT molecular complexity index is 340. The van der Waals surface area contributed by atoms with Gasteiger partial charge in [0.05, 0.1) is 12.6 Å². The molecule has 1 heterocycles. The van der Waals surface area contributed by atoms with Crippen LogP contribution in [-0.4, -0.2) is 27.5 Å². The number of thioether (sulfide) groups is 2. The molecule has 0 bridgehead atoms. The maximum absolute atomic E-state index is 9.90. The van der Waals surface area contributed by atoms with Gasteiger partial charge in [0.2, 0.25) is 0 Å². The summed E-state index contributed by atoms with van der Waals surface area (Å²) in [6.45, 7) is 0.925. The zero-order valence-corrected chi connectivity index (χ0v) is 9.93. The molecule has 1 unspecified atom stereocenters. The molecule has 80 valence electrons. The van der Waals surface area contributed by atoms with Crippen LogP contribution in [0.4, 0.5) is 0 Å². The molecule has 1 N–H and O–H groups in total. The number of nitrogens with zero attached hydrogens (tertiary/aromatic N) is 1. The van der Waals surface area contributed by atoms with Gasteiger partial charge in [-0.3, -0.25) is 4.99 Å². The Hall–Kier alpha value is -0.450. The molecule has 0 saturated carbocycles. The van der Waals surface area contributed by atoms with Crippen molar-refractivity contribution in [2.45, 2.75) is 6.10 Å². The normalized spacial score (nSPS) is 17.5. The zero-order chi connectivity index (χ0) is 10.5. The van der Waals surface area contributed by atoms with E-state index in [1.807, 2.05) is 30.3 Å². The van der Waals surface area contributed by atoms with E-state index in [0.717, 1.165) is 22.2 Å². The Morgan fingerprint density at radius 1 is 1.40 bits per heavy atom. The van der Waals surface area contributed by atoms with E-state index in [1.54, 1.807) is 23.5 Å². The Kier molecular flexibility index (Phi) is 4.11. The number of hydrogen-bond donors (Lipinski definition) is 1. The summed E-state index contributed by atoms with van der Waals surface area (Å²) in [5.41, 5.74) is 0.980. The number of aliphatic hydroxyl groups is 1. The molecule has 0 spiro atoms. The third-order valence-electron chi connectivity index (χ3n) is 2.11. The average molecular weight is 239 g/mol. The topological polar surface area (TPSA) is 32.6 Å². The molecule has 0 fully saturated rings. The van der Waals surface area contributed by atoms with Crippen LogP contribution in [0.5, 0.6) is 0 Å². The fraction of sp³-hybridized carbons (Fsp3) is 0.364. The van der Waals surface area contributed by atoms with Crippen molar-refractivity contribution in [3.8, 4) is 0 Å². The van der Waals surface area contributed by atoms with Gasteiger partial charge in [0, 0.05) is 11.5 Å². The first-order valence-electron chi connectivity index (χ1n) is 4.89. The maximum Gasteiger partial charge on any atom is 0.124 e. The second kappa shape index (κ2) is 5.58. The van der Waals surface area contributed by atoms with Crippen LogP contribution in [0.2, 0.25) is 0 Å². The summed E-state index contributed by atoms with van der Waals surface area (Å²) in [6.07, 6.45) is -0.389. The van der Waals surface area contributed by atoms with Gasteiger partial charge < -0.3 is 5.11 Å². The number of rotatable bonds is 3. The highest BCUT2D eigenvalue weighted by atomic mass is 32.2. The van der Waals surface area contributed by atoms with Gasteiger partial charge in [-0.2, -0.15) is 0 Å². The summed E-state index contributed by atoms with van der Waals surface area (Å²) in [4.78, 5) is 4.33. The summed E-state index contributed by atoms with van der Waals surface area (Å²) in [7, 11) is 0. The molecule has 4 heteroatoms. The van der Waals surface area contributed by atoms with Gasteiger partial charge in [0.25, 0.3) is 0 Å². The molecule has 0 aliphatic carbocycles. The first kappa shape index (κ1) is 11.0. The van der Waals surface area contributed by atoms with E-state index in [1.165, 1.54) is 0 Å². The minimum absolute atomic E-state index is 0.389. The molecule has 0 saturated heterocycles. The zero-order valence-electron chi connectivity index (χ0n) is 8.30. The average Bonchev–Trinajstić information content (AvgIpc) is 2.80. The van der Waals surface area contributed by atoms with Crippen molar-refractivity contribution >= 4 is 27.9 Å². The molecule has 1 atom stereocenters. The van der Waals surface area contributed by atoms with Crippen LogP contribution in [0.1, 0.15) is 11.7 Å². The van der Waals surface area contributed by atoms with Crippen LogP contribution in [0.15, 0.2) is 35.3 Å². The van der Waals surface area contributed by atoms with E-state index >= 15 is 0 Å². The van der Waals surface area contributed by atoms with E-state index in [2.05, 4.69) is 4.99 Å². The predicted octanol–water partition coefficient (Wildman–Crippen LogP) is 2.56. The van der Waals surface area contributed by atoms with Gasteiger partial charge in [-0.25, -0.2) is 0 Å². The van der Waals surface area contributed by atoms with Gasteiger partial charge in [-0.15, -0.1) is 0 Å². The van der Waals surface area contributed by atoms with Crippen molar-refractivity contribution < 1.29 is 5.11 Å². The van der Waals surface area contributed by atoms with Gasteiger partial charge in [-0.05, 0) is 5.56 Å². The highest BCUT2D eigenvalue weighted by Gasteiger charge is 2.12. The van der Waals surface area contributed by atoms with Crippen molar-refractivity contribution in [3.63, 3.8) is 0 Å². The molecule has 0 radical (unpaired) electrons. The van der Waals surface area contributed by atoms with Gasteiger partial charge in [0.15, 0.2) is 0 Å². The van der Waals surface area contributed by atoms with E-state index in [9.17, 15) is 5.11 Å². The first-order chi connectivity index (χ1) is 7.36. The molecule has 1 aromatic rings. The SMILES string of the molecule is OC(CSC1=NCCS1)c1ccccc1. The highest BCUT2D eigenvalue weighted by Crippen LogP contribution is 2.26. The molecule has 15 heavy (non-hydrogen) atoms. The Balaban J connectivity index is 1.84. The minimum Gasteiger partial charge on any atom is -0.388 e. The van der Waals surface area contributed by atoms with Crippen LogP contribution in [-0.2, 0) is 0 Å². The van der Waals surface area contributed by atoms with Crippen LogP contribution in [0.25, 0.3) is 0 Å². The largest absolute Gasteiger partial charge is 0.388 e. The number of hydrogen-bond acceptors (Lipinski definition) is 4. The van der Waals surface area contributed by atoms with Crippen LogP contribution in [0, 0.1) is 0 Å². The maximum atomic E-state index is 9.90. The van der Waals surface area contributed by atoms with Crippen molar-refractivity contribution in [2.75, 3.05) is 18.1 Å². The van der Waals surface area contributed by atoms with Gasteiger partial charge in [0.1, 0.15) is 4.38 Å². The minimum atomic E-state index is -0.389. The molecule has 2 rings (SSSR count). The second-order valence-corrected chi connectivity index (χ2v) is 5.58. The third-order valence-corrected chi connectivity index (χ3v) is 4.44. The fourth-order valence-corrected chi connectivity index (χ4v) is 3.33. The Morgan fingerprint density at radius 3 is 2.87 bits per heavy atom. The Morgan fingerprint density at radius 2 is 2.20 bits per heavy atom. The smallest absolute Gasteiger partial charge is 0.124 e. The van der Waals surface area contributed by atoms with Crippen molar-refractivity contribution in [2.24, 2.45) is 4.99 Å². The quantitative estimate of drug-likeness (QED) is 0.880. The number of benzene rings is 1. The molecule has 0 amide bonds. The number of aliphatic imine (C=N–C) groups is 1. The van der Waals surface area contributed by atoms with Crippen molar-refractivity contribution in [1.82, 2.24) is 0 Å². The predicted molar refractivity (Wildman–Crippen MR) is 68.6 cm³/mol. The lowest BCUT2D eigenvalue weighted by atomic mass is 10.1. The van der Waals surface area contributed by atoms with Gasteiger partial charge >= 0.3 is 0 Å². The van der Waals surface area contributed by atoms with E-state index in [4.69, 9.17) is 0 Å². The summed E-state index contributed by atoms with van der Waals surface area (Å²) >= 11 is 3.43. The van der Waals surface area contributed by atoms with Crippen LogP contribution in [0.3, 0.4) is 0 Å². The monoisotopic (exact) mass is 239 g/mol. The molecule has 1 aliphatic rings. The molecular formula is C11H13NOS2. The number of aliphatic hydroxyl groups excluding tert-OH is 1. The second-order valence-electron chi connectivity index (χ2n) is 3.23. The van der Waals surface area contributed by atoms with Crippen LogP contribution >= 0.6 is 23.5 Å². The summed E-state index contributed by atoms with van der Waals surface area (Å²) in [6, 6.07) is 9.76. The molecule has 2 nitrogen and oxygen atoms in total.